The van der Waals surface area contributed by atoms with Gasteiger partial charge in [0.1, 0.15) is 11.6 Å². The second-order valence-corrected chi connectivity index (χ2v) is 8.86. The third-order valence-corrected chi connectivity index (χ3v) is 6.51. The van der Waals surface area contributed by atoms with Crippen molar-refractivity contribution in [2.45, 2.75) is 9.79 Å². The van der Waals surface area contributed by atoms with Gasteiger partial charge in [0.15, 0.2) is 0 Å². The Bertz CT molecular complexity index is 920. The maximum atomic E-state index is 13.5. The fourth-order valence-electron chi connectivity index (χ4n) is 3.15. The third kappa shape index (κ3) is 4.06. The Morgan fingerprint density at radius 2 is 1.52 bits per heavy atom. The van der Waals surface area contributed by atoms with Crippen molar-refractivity contribution >= 4 is 21.2 Å². The lowest BCUT2D eigenvalue weighted by Crippen LogP contribution is -2.44. The Hall–Kier alpha value is -2.19. The van der Waals surface area contributed by atoms with Gasteiger partial charge in [0, 0.05) is 52.0 Å². The largest absolute Gasteiger partial charge is 0.377 e. The number of hydrogen-bond acceptors (Lipinski definition) is 5. The summed E-state index contributed by atoms with van der Waals surface area (Å²) >= 11 is 0. The van der Waals surface area contributed by atoms with Gasteiger partial charge in [0.25, 0.3) is 0 Å². The van der Waals surface area contributed by atoms with Gasteiger partial charge in [-0.05, 0) is 37.4 Å². The summed E-state index contributed by atoms with van der Waals surface area (Å²) in [5.74, 6) is -1.84. The summed E-state index contributed by atoms with van der Waals surface area (Å²) < 4.78 is 53.1. The molecule has 5 nitrogen and oxygen atoms in total. The molecule has 1 aliphatic heterocycles. The van der Waals surface area contributed by atoms with E-state index < -0.39 is 26.4 Å². The van der Waals surface area contributed by atoms with Crippen molar-refractivity contribution in [3.05, 3.63) is 48.0 Å². The van der Waals surface area contributed by atoms with E-state index in [0.717, 1.165) is 44.0 Å². The fourth-order valence-corrected chi connectivity index (χ4v) is 4.71. The van der Waals surface area contributed by atoms with Crippen LogP contribution in [0.25, 0.3) is 0 Å². The van der Waals surface area contributed by atoms with Crippen LogP contribution in [0, 0.1) is 11.6 Å². The van der Waals surface area contributed by atoms with Crippen LogP contribution >= 0.6 is 0 Å². The van der Waals surface area contributed by atoms with Gasteiger partial charge in [0.05, 0.1) is 15.5 Å². The number of halogens is 2. The molecule has 0 bridgehead atoms. The number of anilines is 2. The van der Waals surface area contributed by atoms with E-state index in [2.05, 4.69) is 16.8 Å². The SMILES string of the molecule is CN1CCN(c2ccc(S(=O)(=O)c3cc(F)cc(F)c3)c(N(C)C)c2)CC1. The average Bonchev–Trinajstić information content (AvgIpc) is 2.61. The van der Waals surface area contributed by atoms with Gasteiger partial charge in [-0.25, -0.2) is 17.2 Å². The molecule has 1 aliphatic rings. The molecule has 1 saturated heterocycles. The van der Waals surface area contributed by atoms with Crippen LogP contribution in [0.5, 0.6) is 0 Å². The van der Waals surface area contributed by atoms with E-state index >= 15 is 0 Å². The molecule has 0 aliphatic carbocycles. The van der Waals surface area contributed by atoms with Crippen LogP contribution in [0.1, 0.15) is 0 Å². The molecule has 3 rings (SSSR count). The summed E-state index contributed by atoms with van der Waals surface area (Å²) in [4.78, 5) is 5.76. The number of sulfone groups is 1. The van der Waals surface area contributed by atoms with E-state index in [1.165, 1.54) is 6.07 Å². The first-order valence-corrected chi connectivity index (χ1v) is 10.1. The highest BCUT2D eigenvalue weighted by molar-refractivity contribution is 7.91. The molecule has 0 atom stereocenters. The summed E-state index contributed by atoms with van der Waals surface area (Å²) in [6, 6.07) is 7.41. The normalized spacial score (nSPS) is 15.8. The summed E-state index contributed by atoms with van der Waals surface area (Å²) in [5.41, 5.74) is 1.41. The summed E-state index contributed by atoms with van der Waals surface area (Å²) in [6.07, 6.45) is 0. The molecule has 146 valence electrons. The maximum absolute atomic E-state index is 13.5. The number of piperazine rings is 1. The van der Waals surface area contributed by atoms with E-state index in [1.54, 1.807) is 25.1 Å². The fraction of sp³-hybridized carbons (Fsp3) is 0.368. The molecule has 2 aromatic carbocycles. The highest BCUT2D eigenvalue weighted by Gasteiger charge is 2.25. The van der Waals surface area contributed by atoms with Gasteiger partial charge in [-0.2, -0.15) is 0 Å². The minimum Gasteiger partial charge on any atom is -0.377 e. The van der Waals surface area contributed by atoms with Crippen molar-refractivity contribution < 1.29 is 17.2 Å². The molecule has 0 saturated carbocycles. The Morgan fingerprint density at radius 1 is 0.926 bits per heavy atom. The molecule has 1 heterocycles. The zero-order valence-corrected chi connectivity index (χ0v) is 16.4. The van der Waals surface area contributed by atoms with E-state index in [4.69, 9.17) is 0 Å². The topological polar surface area (TPSA) is 43.9 Å². The number of nitrogens with zero attached hydrogens (tertiary/aromatic N) is 3. The van der Waals surface area contributed by atoms with E-state index in [-0.39, 0.29) is 4.90 Å². The summed E-state index contributed by atoms with van der Waals surface area (Å²) in [5, 5.41) is 0. The maximum Gasteiger partial charge on any atom is 0.208 e. The Kier molecular flexibility index (Phi) is 5.39. The first-order valence-electron chi connectivity index (χ1n) is 8.64. The van der Waals surface area contributed by atoms with Crippen LogP contribution in [-0.2, 0) is 9.84 Å². The molecular weight excluding hydrogens is 372 g/mol. The van der Waals surface area contributed by atoms with Crippen LogP contribution in [0.4, 0.5) is 20.2 Å². The minimum absolute atomic E-state index is 0.0235. The first kappa shape index (κ1) is 19.6. The molecule has 2 aromatic rings. The molecule has 0 amide bonds. The third-order valence-electron chi connectivity index (χ3n) is 4.73. The number of benzene rings is 2. The quantitative estimate of drug-likeness (QED) is 0.796. The van der Waals surface area contributed by atoms with Crippen molar-refractivity contribution in [3.8, 4) is 0 Å². The molecule has 0 N–H and O–H groups in total. The van der Waals surface area contributed by atoms with Gasteiger partial charge >= 0.3 is 0 Å². The summed E-state index contributed by atoms with van der Waals surface area (Å²) in [6.45, 7) is 3.56. The standard InChI is InChI=1S/C19H23F2N3O2S/c1-22(2)18-13-16(24-8-6-23(3)7-9-24)4-5-19(18)27(25,26)17-11-14(20)10-15(21)12-17/h4-5,10-13H,6-9H2,1-3H3. The van der Waals surface area contributed by atoms with Gasteiger partial charge in [-0.1, -0.05) is 0 Å². The molecule has 0 spiro atoms. The predicted octanol–water partition coefficient (Wildman–Crippen LogP) is 2.62. The Balaban J connectivity index is 2.04. The van der Waals surface area contributed by atoms with Crippen LogP contribution in [0.3, 0.4) is 0 Å². The summed E-state index contributed by atoms with van der Waals surface area (Å²) in [7, 11) is 1.49. The highest BCUT2D eigenvalue weighted by atomic mass is 32.2. The second kappa shape index (κ2) is 7.44. The lowest BCUT2D eigenvalue weighted by atomic mass is 10.2. The highest BCUT2D eigenvalue weighted by Crippen LogP contribution is 2.33. The van der Waals surface area contributed by atoms with Crippen LogP contribution in [0.2, 0.25) is 0 Å². The second-order valence-electron chi connectivity index (χ2n) is 6.95. The average molecular weight is 395 g/mol. The minimum atomic E-state index is -4.06. The van der Waals surface area contributed by atoms with E-state index in [9.17, 15) is 17.2 Å². The van der Waals surface area contributed by atoms with Gasteiger partial charge in [-0.15, -0.1) is 0 Å². The van der Waals surface area contributed by atoms with Crippen LogP contribution in [0.15, 0.2) is 46.2 Å². The zero-order chi connectivity index (χ0) is 19.8. The van der Waals surface area contributed by atoms with Crippen molar-refractivity contribution in [3.63, 3.8) is 0 Å². The van der Waals surface area contributed by atoms with E-state index in [0.29, 0.717) is 11.8 Å². The molecule has 1 fully saturated rings. The number of rotatable bonds is 4. The number of likely N-dealkylation sites (N-methyl/N-ethyl adjacent to an activating group) is 1. The monoisotopic (exact) mass is 395 g/mol. The van der Waals surface area contributed by atoms with Gasteiger partial charge in [0.2, 0.25) is 9.84 Å². The van der Waals surface area contributed by atoms with E-state index in [1.807, 2.05) is 6.07 Å². The molecule has 0 unspecified atom stereocenters. The number of hydrogen-bond donors (Lipinski definition) is 0. The van der Waals surface area contributed by atoms with Gasteiger partial charge < -0.3 is 14.7 Å². The first-order chi connectivity index (χ1) is 12.7. The van der Waals surface area contributed by atoms with Crippen molar-refractivity contribution in [1.29, 1.82) is 0 Å². The van der Waals surface area contributed by atoms with Crippen molar-refractivity contribution in [2.24, 2.45) is 0 Å². The van der Waals surface area contributed by atoms with Crippen LogP contribution in [-0.4, -0.2) is 60.6 Å². The van der Waals surface area contributed by atoms with Crippen molar-refractivity contribution in [2.75, 3.05) is 57.1 Å². The molecule has 27 heavy (non-hydrogen) atoms. The van der Waals surface area contributed by atoms with Crippen LogP contribution < -0.4 is 9.80 Å². The van der Waals surface area contributed by atoms with Gasteiger partial charge in [-0.3, -0.25) is 0 Å². The lowest BCUT2D eigenvalue weighted by molar-refractivity contribution is 0.313. The molecular formula is C19H23F2N3O2S. The lowest BCUT2D eigenvalue weighted by Gasteiger charge is -2.34. The zero-order valence-electron chi connectivity index (χ0n) is 15.6. The van der Waals surface area contributed by atoms with Crippen molar-refractivity contribution in [1.82, 2.24) is 4.90 Å². The molecule has 8 heteroatoms. The molecule has 0 aromatic heterocycles. The Morgan fingerprint density at radius 3 is 2.07 bits per heavy atom. The predicted molar refractivity (Wildman–Crippen MR) is 102 cm³/mol. The molecule has 0 radical (unpaired) electrons. The smallest absolute Gasteiger partial charge is 0.208 e. The Labute approximate surface area is 158 Å².